The molecule has 0 saturated heterocycles. The average Bonchev–Trinajstić information content (AvgIpc) is 2.62. The lowest BCUT2D eigenvalue weighted by molar-refractivity contribution is -0.134. The highest BCUT2D eigenvalue weighted by atomic mass is 19.4. The highest BCUT2D eigenvalue weighted by Gasteiger charge is 2.26. The van der Waals surface area contributed by atoms with Crippen LogP contribution in [0.15, 0.2) is 29.4 Å². The lowest BCUT2D eigenvalue weighted by Gasteiger charge is -2.07. The summed E-state index contributed by atoms with van der Waals surface area (Å²) in [7, 11) is 0. The van der Waals surface area contributed by atoms with Gasteiger partial charge in [0.2, 0.25) is 0 Å². The van der Waals surface area contributed by atoms with Gasteiger partial charge in [-0.15, -0.1) is 0 Å². The minimum Gasteiger partial charge on any atom is -0.478 e. The van der Waals surface area contributed by atoms with Crippen molar-refractivity contribution in [3.8, 4) is 6.07 Å². The van der Waals surface area contributed by atoms with Gasteiger partial charge >= 0.3 is 18.1 Å². The Balaban J connectivity index is 0.000000828. The predicted molar refractivity (Wildman–Crippen MR) is 95.8 cm³/mol. The van der Waals surface area contributed by atoms with Crippen LogP contribution >= 0.6 is 0 Å². The van der Waals surface area contributed by atoms with E-state index in [0.717, 1.165) is 12.8 Å². The highest BCUT2D eigenvalue weighted by molar-refractivity contribution is 5.91. The molecule has 0 fully saturated rings. The van der Waals surface area contributed by atoms with Crippen molar-refractivity contribution in [1.29, 1.82) is 5.26 Å². The smallest absolute Gasteiger partial charge is 0.408 e. The molecule has 10 nitrogen and oxygen atoms in total. The van der Waals surface area contributed by atoms with Crippen LogP contribution in [0.2, 0.25) is 0 Å². The molecule has 0 atom stereocenters. The first-order valence-corrected chi connectivity index (χ1v) is 8.00. The summed E-state index contributed by atoms with van der Waals surface area (Å²) in [6.07, 6.45) is 0.744. The summed E-state index contributed by atoms with van der Waals surface area (Å²) in [6.45, 7) is -1.35. The van der Waals surface area contributed by atoms with Gasteiger partial charge in [0.15, 0.2) is 5.96 Å². The van der Waals surface area contributed by atoms with Gasteiger partial charge in [0.05, 0.1) is 6.07 Å². The van der Waals surface area contributed by atoms with E-state index < -0.39 is 24.7 Å². The van der Waals surface area contributed by atoms with E-state index >= 15 is 0 Å². The molecular formula is C16H19F3N6O4. The van der Waals surface area contributed by atoms with Crippen LogP contribution in [-0.2, 0) is 16.0 Å². The molecule has 0 aliphatic carbocycles. The van der Waals surface area contributed by atoms with E-state index in [0.29, 0.717) is 30.8 Å². The van der Waals surface area contributed by atoms with Crippen LogP contribution in [0.5, 0.6) is 0 Å². The van der Waals surface area contributed by atoms with Crippen LogP contribution < -0.4 is 11.1 Å². The van der Waals surface area contributed by atoms with Gasteiger partial charge in [0.25, 0.3) is 0 Å². The number of carboxylic acid groups (broad SMARTS) is 2. The number of hydrogen-bond donors (Lipinski definition) is 4. The first-order valence-electron chi connectivity index (χ1n) is 8.00. The number of aromatic nitrogens is 2. The molecule has 0 amide bonds. The standard InChI is InChI=1S/C12H15F3N6.C4H4O4/c13-12(14,15)8-19-11(17)21-10-5-7-18-9(20-10)4-2-1-3-6-16;5-3(6)1-2-4(7)8/h5,7H,1-4,8H2,(H3,17,18,19,20,21);1-2H,(H,5,6)(H,7,8)/b;2-1-. The number of guanidine groups is 1. The van der Waals surface area contributed by atoms with Crippen molar-refractivity contribution in [3.63, 3.8) is 0 Å². The number of unbranched alkanes of at least 4 members (excludes halogenated alkanes) is 2. The van der Waals surface area contributed by atoms with E-state index in [1.54, 1.807) is 0 Å². The Bertz CT molecular complexity index is 759. The van der Waals surface area contributed by atoms with Crippen LogP contribution in [0.1, 0.15) is 25.1 Å². The molecule has 5 N–H and O–H groups in total. The number of nitrogens with two attached hydrogens (primary N) is 1. The number of carboxylic acids is 2. The number of rotatable bonds is 8. The van der Waals surface area contributed by atoms with Gasteiger partial charge in [-0.25, -0.2) is 24.5 Å². The zero-order valence-electron chi connectivity index (χ0n) is 15.1. The fourth-order valence-electron chi connectivity index (χ4n) is 1.56. The number of aliphatic carboxylic acids is 2. The van der Waals surface area contributed by atoms with Gasteiger partial charge in [0.1, 0.15) is 18.2 Å². The molecule has 0 aliphatic rings. The molecule has 29 heavy (non-hydrogen) atoms. The van der Waals surface area contributed by atoms with Gasteiger partial charge in [-0.2, -0.15) is 18.4 Å². The summed E-state index contributed by atoms with van der Waals surface area (Å²) in [6, 6.07) is 3.52. The van der Waals surface area contributed by atoms with E-state index in [-0.39, 0.29) is 11.8 Å². The zero-order valence-corrected chi connectivity index (χ0v) is 15.1. The van der Waals surface area contributed by atoms with Crippen molar-refractivity contribution in [2.75, 3.05) is 11.9 Å². The number of nitrogens with one attached hydrogen (secondary N) is 1. The molecule has 0 radical (unpaired) electrons. The molecule has 0 spiro atoms. The first kappa shape index (κ1) is 25.3. The summed E-state index contributed by atoms with van der Waals surface area (Å²) < 4.78 is 35.9. The normalized spacial score (nSPS) is 11.3. The third-order valence-electron chi connectivity index (χ3n) is 2.70. The second-order valence-corrected chi connectivity index (χ2v) is 5.17. The molecule has 1 aromatic heterocycles. The quantitative estimate of drug-likeness (QED) is 0.213. The number of hydrogen-bond acceptors (Lipinski definition) is 6. The number of nitrogens with zero attached hydrogens (tertiary/aromatic N) is 4. The van der Waals surface area contributed by atoms with Crippen molar-refractivity contribution < 1.29 is 33.0 Å². The monoisotopic (exact) mass is 416 g/mol. The second kappa shape index (κ2) is 13.5. The molecule has 0 aliphatic heterocycles. The minimum absolute atomic E-state index is 0.281. The number of aliphatic imine (C=N–C) groups is 1. The topological polar surface area (TPSA) is 175 Å². The van der Waals surface area contributed by atoms with E-state index in [2.05, 4.69) is 20.3 Å². The second-order valence-electron chi connectivity index (χ2n) is 5.17. The van der Waals surface area contributed by atoms with Crippen molar-refractivity contribution in [1.82, 2.24) is 9.97 Å². The lowest BCUT2D eigenvalue weighted by Crippen LogP contribution is -2.26. The Morgan fingerprint density at radius 1 is 1.28 bits per heavy atom. The molecule has 13 heteroatoms. The molecule has 1 rings (SSSR count). The van der Waals surface area contributed by atoms with Gasteiger partial charge in [0, 0.05) is 31.2 Å². The summed E-state index contributed by atoms with van der Waals surface area (Å²) >= 11 is 0. The Kier molecular flexibility index (Phi) is 11.8. The number of halogens is 3. The third kappa shape index (κ3) is 16.2. The molecule has 0 unspecified atom stereocenters. The highest BCUT2D eigenvalue weighted by Crippen LogP contribution is 2.14. The van der Waals surface area contributed by atoms with Gasteiger partial charge in [-0.05, 0) is 18.9 Å². The van der Waals surface area contributed by atoms with Gasteiger partial charge < -0.3 is 21.3 Å². The predicted octanol–water partition coefficient (Wildman–Crippen LogP) is 1.71. The summed E-state index contributed by atoms with van der Waals surface area (Å²) in [5, 5.41) is 26.5. The van der Waals surface area contributed by atoms with E-state index in [9.17, 15) is 22.8 Å². The van der Waals surface area contributed by atoms with Crippen LogP contribution in [0.4, 0.5) is 19.0 Å². The minimum atomic E-state index is -4.40. The van der Waals surface area contributed by atoms with Gasteiger partial charge in [-0.1, -0.05) is 0 Å². The maximum Gasteiger partial charge on any atom is 0.408 e. The van der Waals surface area contributed by atoms with Crippen molar-refractivity contribution in [2.45, 2.75) is 31.9 Å². The molecule has 1 aromatic rings. The van der Waals surface area contributed by atoms with E-state index in [1.807, 2.05) is 6.07 Å². The fourth-order valence-corrected chi connectivity index (χ4v) is 1.56. The molecule has 0 saturated carbocycles. The lowest BCUT2D eigenvalue weighted by atomic mass is 10.2. The molecule has 1 heterocycles. The van der Waals surface area contributed by atoms with E-state index in [1.165, 1.54) is 12.3 Å². The SMILES string of the molecule is N#CCCCCc1nccc(NC(N)=NCC(F)(F)F)n1.O=C(O)/C=C\C(=O)O. The molecular weight excluding hydrogens is 397 g/mol. The molecule has 0 aromatic carbocycles. The maximum absolute atomic E-state index is 12.0. The third-order valence-corrected chi connectivity index (χ3v) is 2.70. The number of aryl methyl sites for hydroxylation is 1. The maximum atomic E-state index is 12.0. The van der Waals surface area contributed by atoms with E-state index in [4.69, 9.17) is 21.2 Å². The van der Waals surface area contributed by atoms with Gasteiger partial charge in [-0.3, -0.25) is 0 Å². The Hall–Kier alpha value is -3.69. The van der Waals surface area contributed by atoms with Crippen LogP contribution in [-0.4, -0.2) is 50.8 Å². The van der Waals surface area contributed by atoms with Crippen LogP contribution in [0, 0.1) is 11.3 Å². The largest absolute Gasteiger partial charge is 0.478 e. The van der Waals surface area contributed by atoms with Crippen molar-refractivity contribution in [3.05, 3.63) is 30.2 Å². The number of carbonyl (C=O) groups is 2. The van der Waals surface area contributed by atoms with Crippen LogP contribution in [0.25, 0.3) is 0 Å². The number of anilines is 1. The Labute approximate surface area is 163 Å². The molecule has 0 bridgehead atoms. The Morgan fingerprint density at radius 3 is 2.41 bits per heavy atom. The summed E-state index contributed by atoms with van der Waals surface area (Å²) in [4.78, 5) is 30.4. The first-order chi connectivity index (χ1) is 13.5. The molecule has 158 valence electrons. The fraction of sp³-hybridized carbons (Fsp3) is 0.375. The summed E-state index contributed by atoms with van der Waals surface area (Å²) in [5.41, 5.74) is 5.35. The average molecular weight is 416 g/mol. The van der Waals surface area contributed by atoms with Crippen LogP contribution in [0.3, 0.4) is 0 Å². The Morgan fingerprint density at radius 2 is 1.90 bits per heavy atom. The summed E-state index contributed by atoms with van der Waals surface area (Å²) in [5.74, 6) is -2.06. The van der Waals surface area contributed by atoms with Crippen molar-refractivity contribution >= 4 is 23.7 Å². The zero-order chi connectivity index (χ0) is 22.3. The number of nitriles is 1. The number of alkyl halides is 3. The van der Waals surface area contributed by atoms with Crippen molar-refractivity contribution in [2.24, 2.45) is 10.7 Å².